The number of benzene rings is 4. The molecule has 4 heterocycles. The van der Waals surface area contributed by atoms with Gasteiger partial charge in [-0.1, -0.05) is 38.1 Å². The van der Waals surface area contributed by atoms with Gasteiger partial charge in [0.15, 0.2) is 0 Å². The van der Waals surface area contributed by atoms with Crippen molar-refractivity contribution in [1.82, 2.24) is 30.2 Å². The van der Waals surface area contributed by atoms with Crippen LogP contribution in [0.25, 0.3) is 33.2 Å². The summed E-state index contributed by atoms with van der Waals surface area (Å²) in [5.41, 5.74) is 9.35. The number of primary amides is 1. The molecule has 0 aliphatic carbocycles. The van der Waals surface area contributed by atoms with Crippen LogP contribution in [-0.4, -0.2) is 57.6 Å². The van der Waals surface area contributed by atoms with Gasteiger partial charge in [-0.25, -0.2) is 18.1 Å². The Balaban J connectivity index is 1.12. The summed E-state index contributed by atoms with van der Waals surface area (Å²) in [5.74, 6) is -3.08. The minimum atomic E-state index is -0.984. The Hall–Kier alpha value is -5.46. The summed E-state index contributed by atoms with van der Waals surface area (Å²) >= 11 is 0. The predicted octanol–water partition coefficient (Wildman–Crippen LogP) is 6.28. The van der Waals surface area contributed by atoms with Gasteiger partial charge in [-0.3, -0.25) is 9.59 Å². The SMILES string of the molecule is CC1(c2ccc(-n3cc4c(F)ccc(C(=O)Nc5cc(F)c(C(N)=O)c6nn(-c7ccc([C@]8(C)CCCNC8)cc7)cc56)c4n3)cc2)CCCNC1. The Morgan fingerprint density at radius 1 is 0.750 bits per heavy atom. The van der Waals surface area contributed by atoms with Crippen LogP contribution in [0.4, 0.5) is 14.5 Å². The van der Waals surface area contributed by atoms with Gasteiger partial charge in [-0.15, -0.1) is 0 Å². The van der Waals surface area contributed by atoms with Crippen LogP contribution in [0.3, 0.4) is 0 Å². The molecule has 0 spiro atoms. The summed E-state index contributed by atoms with van der Waals surface area (Å²) in [6.45, 7) is 8.29. The van der Waals surface area contributed by atoms with E-state index in [-0.39, 0.29) is 44.1 Å². The number of nitrogens with two attached hydrogens (primary N) is 1. The maximum atomic E-state index is 15.5. The lowest BCUT2D eigenvalue weighted by atomic mass is 9.76. The van der Waals surface area contributed by atoms with Crippen molar-refractivity contribution in [3.63, 3.8) is 0 Å². The molecular weight excluding hydrogens is 662 g/mol. The molecule has 266 valence electrons. The van der Waals surface area contributed by atoms with E-state index in [1.165, 1.54) is 27.9 Å². The fourth-order valence-electron chi connectivity index (χ4n) is 7.83. The molecule has 4 aromatic carbocycles. The molecule has 10 nitrogen and oxygen atoms in total. The Morgan fingerprint density at radius 2 is 1.29 bits per heavy atom. The number of carbonyl (C=O) groups is 2. The van der Waals surface area contributed by atoms with Crippen molar-refractivity contribution in [3.05, 3.63) is 113 Å². The molecule has 2 amide bonds. The third kappa shape index (κ3) is 5.91. The van der Waals surface area contributed by atoms with Crippen molar-refractivity contribution < 1.29 is 18.4 Å². The summed E-state index contributed by atoms with van der Waals surface area (Å²) in [4.78, 5) is 26.3. The van der Waals surface area contributed by atoms with Crippen LogP contribution in [0.5, 0.6) is 0 Å². The lowest BCUT2D eigenvalue weighted by Gasteiger charge is -2.34. The molecule has 2 fully saturated rings. The van der Waals surface area contributed by atoms with Crippen molar-refractivity contribution in [2.24, 2.45) is 5.73 Å². The topological polar surface area (TPSA) is 132 Å². The highest BCUT2D eigenvalue weighted by Gasteiger charge is 2.30. The van der Waals surface area contributed by atoms with Gasteiger partial charge in [0.05, 0.1) is 28.0 Å². The lowest BCUT2D eigenvalue weighted by Crippen LogP contribution is -2.41. The molecule has 5 N–H and O–H groups in total. The highest BCUT2D eigenvalue weighted by molar-refractivity contribution is 6.16. The maximum absolute atomic E-state index is 15.5. The van der Waals surface area contributed by atoms with Crippen molar-refractivity contribution >= 4 is 39.3 Å². The van der Waals surface area contributed by atoms with Gasteiger partial charge in [-0.05, 0) is 92.4 Å². The van der Waals surface area contributed by atoms with Crippen LogP contribution >= 0.6 is 0 Å². The summed E-state index contributed by atoms with van der Waals surface area (Å²) in [6, 6.07) is 19.6. The number of nitrogens with one attached hydrogen (secondary N) is 3. The fourth-order valence-corrected chi connectivity index (χ4v) is 7.83. The summed E-state index contributed by atoms with van der Waals surface area (Å²) in [6.07, 6.45) is 7.53. The van der Waals surface area contributed by atoms with Gasteiger partial charge in [0.2, 0.25) is 0 Å². The monoisotopic (exact) mass is 702 g/mol. The van der Waals surface area contributed by atoms with E-state index in [1.807, 2.05) is 24.3 Å². The number of anilines is 1. The zero-order chi connectivity index (χ0) is 36.2. The Kier molecular flexibility index (Phi) is 8.38. The number of hydrogen-bond acceptors (Lipinski definition) is 6. The molecule has 52 heavy (non-hydrogen) atoms. The number of fused-ring (bicyclic) bond motifs is 2. The Labute approximate surface area is 299 Å². The second kappa shape index (κ2) is 12.9. The van der Waals surface area contributed by atoms with Crippen LogP contribution in [0.15, 0.2) is 79.1 Å². The summed E-state index contributed by atoms with van der Waals surface area (Å²) in [7, 11) is 0. The first-order chi connectivity index (χ1) is 25.0. The minimum Gasteiger partial charge on any atom is -0.365 e. The largest absolute Gasteiger partial charge is 0.365 e. The predicted molar refractivity (Wildman–Crippen MR) is 197 cm³/mol. The van der Waals surface area contributed by atoms with Crippen molar-refractivity contribution in [3.8, 4) is 11.4 Å². The third-order valence-corrected chi connectivity index (χ3v) is 11.0. The standard InChI is InChI=1S/C40H40F2N8O2/c1-39(15-3-17-44-22-39)24-5-9-26(10-6-24)49-20-29-31(41)14-13-28(35(29)47-49)38(52)46-33-19-32(42)34(37(43)51)36-30(33)21-50(48-36)27-11-7-25(8-12-27)40(2)16-4-18-45-23-40/h5-14,19-21,44-45H,3-4,15-18,22-23H2,1-2H3,(H2,43,51)(H,46,52)/t39?,40-/m1/s1. The third-order valence-electron chi connectivity index (χ3n) is 11.0. The molecular formula is C40H40F2N8O2. The zero-order valence-corrected chi connectivity index (χ0v) is 29.1. The summed E-state index contributed by atoms with van der Waals surface area (Å²) in [5, 5.41) is 19.4. The molecule has 0 radical (unpaired) electrons. The number of amides is 2. The molecule has 8 rings (SSSR count). The van der Waals surface area contributed by atoms with E-state index in [9.17, 15) is 9.59 Å². The Morgan fingerprint density at radius 3 is 1.81 bits per heavy atom. The average molecular weight is 703 g/mol. The van der Waals surface area contributed by atoms with Crippen LogP contribution in [0.2, 0.25) is 0 Å². The first kappa shape index (κ1) is 33.7. The normalized spacial score (nSPS) is 20.7. The van der Waals surface area contributed by atoms with Gasteiger partial charge in [0.25, 0.3) is 11.8 Å². The first-order valence-corrected chi connectivity index (χ1v) is 17.7. The Bertz CT molecular complexity index is 2330. The van der Waals surface area contributed by atoms with Crippen LogP contribution in [0.1, 0.15) is 71.4 Å². The number of halogens is 2. The maximum Gasteiger partial charge on any atom is 0.257 e. The van der Waals surface area contributed by atoms with E-state index >= 15 is 8.78 Å². The van der Waals surface area contributed by atoms with E-state index in [4.69, 9.17) is 5.73 Å². The highest BCUT2D eigenvalue weighted by atomic mass is 19.1. The molecule has 2 aromatic heterocycles. The number of rotatable bonds is 7. The smallest absolute Gasteiger partial charge is 0.257 e. The second-order valence-corrected chi connectivity index (χ2v) is 14.6. The zero-order valence-electron chi connectivity index (χ0n) is 29.1. The molecule has 2 atom stereocenters. The lowest BCUT2D eigenvalue weighted by molar-refractivity contribution is 0.0996. The molecule has 2 aliphatic heterocycles. The molecule has 1 unspecified atom stereocenters. The number of carbonyl (C=O) groups excluding carboxylic acids is 2. The second-order valence-electron chi connectivity index (χ2n) is 14.6. The molecule has 0 bridgehead atoms. The van der Waals surface area contributed by atoms with Gasteiger partial charge in [0, 0.05) is 41.7 Å². The quantitative estimate of drug-likeness (QED) is 0.155. The van der Waals surface area contributed by atoms with Crippen LogP contribution in [-0.2, 0) is 10.8 Å². The average Bonchev–Trinajstić information content (AvgIpc) is 3.79. The number of aromatic nitrogens is 4. The molecule has 2 aliphatic rings. The highest BCUT2D eigenvalue weighted by Crippen LogP contribution is 2.34. The summed E-state index contributed by atoms with van der Waals surface area (Å²) < 4.78 is 33.7. The number of hydrogen-bond donors (Lipinski definition) is 4. The molecule has 0 saturated carbocycles. The minimum absolute atomic E-state index is 0.00248. The van der Waals surface area contributed by atoms with Gasteiger partial charge < -0.3 is 21.7 Å². The van der Waals surface area contributed by atoms with Crippen molar-refractivity contribution in [2.45, 2.75) is 50.4 Å². The van der Waals surface area contributed by atoms with E-state index < -0.39 is 23.4 Å². The van der Waals surface area contributed by atoms with E-state index in [1.54, 1.807) is 17.1 Å². The van der Waals surface area contributed by atoms with Crippen molar-refractivity contribution in [1.29, 1.82) is 0 Å². The van der Waals surface area contributed by atoms with Crippen LogP contribution in [0, 0.1) is 11.6 Å². The first-order valence-electron chi connectivity index (χ1n) is 17.7. The fraction of sp³-hybridized carbons (Fsp3) is 0.300. The van der Waals surface area contributed by atoms with E-state index in [0.29, 0.717) is 16.8 Å². The van der Waals surface area contributed by atoms with E-state index in [0.717, 1.165) is 57.9 Å². The van der Waals surface area contributed by atoms with E-state index in [2.05, 4.69) is 64.3 Å². The molecule has 2 saturated heterocycles. The van der Waals surface area contributed by atoms with Gasteiger partial charge in [-0.2, -0.15) is 10.2 Å². The number of nitrogens with zero attached hydrogens (tertiary/aromatic N) is 4. The van der Waals surface area contributed by atoms with Gasteiger partial charge in [0.1, 0.15) is 28.2 Å². The van der Waals surface area contributed by atoms with Crippen LogP contribution < -0.4 is 21.7 Å². The van der Waals surface area contributed by atoms with Gasteiger partial charge >= 0.3 is 0 Å². The number of piperidine rings is 2. The molecule has 12 heteroatoms. The van der Waals surface area contributed by atoms with Crippen molar-refractivity contribution in [2.75, 3.05) is 31.5 Å². The molecule has 6 aromatic rings.